The molecule has 0 bridgehead atoms. The van der Waals surface area contributed by atoms with Crippen molar-refractivity contribution in [3.63, 3.8) is 0 Å². The van der Waals surface area contributed by atoms with Gasteiger partial charge >= 0.3 is 0 Å². The van der Waals surface area contributed by atoms with Gasteiger partial charge in [-0.1, -0.05) is 48.5 Å². The maximum atomic E-state index is 11.2. The normalized spacial score (nSPS) is 10.2. The van der Waals surface area contributed by atoms with Gasteiger partial charge in [-0.2, -0.15) is 0 Å². The minimum Gasteiger partial charge on any atom is -0.489 e. The summed E-state index contributed by atoms with van der Waals surface area (Å²) in [7, 11) is 0. The van der Waals surface area contributed by atoms with Gasteiger partial charge in [0.15, 0.2) is 0 Å². The molecule has 3 aromatic rings. The summed E-state index contributed by atoms with van der Waals surface area (Å²) in [5.41, 5.74) is 2.22. The topological polar surface area (TPSA) is 64.4 Å². The number of nitro benzene ring substituents is 1. The minimum absolute atomic E-state index is 0.00548. The first-order valence-corrected chi connectivity index (χ1v) is 7.49. The Morgan fingerprint density at radius 2 is 1.58 bits per heavy atom. The Hall–Kier alpha value is -3.34. The van der Waals surface area contributed by atoms with Crippen LogP contribution in [0.4, 0.5) is 17.1 Å². The maximum absolute atomic E-state index is 11.2. The number of anilines is 2. The average molecular weight is 320 g/mol. The van der Waals surface area contributed by atoms with Crippen LogP contribution in [0.5, 0.6) is 5.75 Å². The van der Waals surface area contributed by atoms with E-state index >= 15 is 0 Å². The Bertz CT molecular complexity index is 821. The molecular weight excluding hydrogens is 304 g/mol. The van der Waals surface area contributed by atoms with Crippen LogP contribution < -0.4 is 10.1 Å². The summed E-state index contributed by atoms with van der Waals surface area (Å²) in [4.78, 5) is 10.8. The fourth-order valence-corrected chi connectivity index (χ4v) is 2.28. The van der Waals surface area contributed by atoms with Crippen LogP contribution in [0.1, 0.15) is 5.56 Å². The number of benzene rings is 3. The predicted octanol–water partition coefficient (Wildman–Crippen LogP) is 4.92. The summed E-state index contributed by atoms with van der Waals surface area (Å²) in [6, 6.07) is 23.8. The van der Waals surface area contributed by atoms with E-state index in [1.807, 2.05) is 60.7 Å². The molecule has 0 aromatic heterocycles. The van der Waals surface area contributed by atoms with Crippen molar-refractivity contribution >= 4 is 17.1 Å². The highest BCUT2D eigenvalue weighted by molar-refractivity contribution is 5.71. The van der Waals surface area contributed by atoms with Crippen molar-refractivity contribution < 1.29 is 9.66 Å². The minimum atomic E-state index is -0.410. The Morgan fingerprint density at radius 1 is 0.917 bits per heavy atom. The molecule has 0 heterocycles. The van der Waals surface area contributed by atoms with Crippen LogP contribution in [0, 0.1) is 10.1 Å². The van der Waals surface area contributed by atoms with Gasteiger partial charge in [0.05, 0.1) is 4.92 Å². The number of nitrogens with one attached hydrogen (secondary N) is 1. The molecule has 0 spiro atoms. The average Bonchev–Trinajstić information content (AvgIpc) is 2.62. The van der Waals surface area contributed by atoms with E-state index < -0.39 is 4.92 Å². The first kappa shape index (κ1) is 15.6. The fraction of sp³-hybridized carbons (Fsp3) is 0.0526. The van der Waals surface area contributed by atoms with Crippen molar-refractivity contribution in [1.82, 2.24) is 0 Å². The molecule has 3 aromatic carbocycles. The van der Waals surface area contributed by atoms with Gasteiger partial charge in [-0.3, -0.25) is 10.1 Å². The highest BCUT2D eigenvalue weighted by atomic mass is 16.6. The molecule has 0 atom stereocenters. The van der Waals surface area contributed by atoms with Gasteiger partial charge in [-0.05, 0) is 23.8 Å². The van der Waals surface area contributed by atoms with Gasteiger partial charge in [-0.15, -0.1) is 0 Å². The molecule has 0 amide bonds. The van der Waals surface area contributed by atoms with E-state index in [-0.39, 0.29) is 5.69 Å². The summed E-state index contributed by atoms with van der Waals surface area (Å²) in [5, 5.41) is 14.3. The van der Waals surface area contributed by atoms with Crippen molar-refractivity contribution in [3.05, 3.63) is 94.5 Å². The van der Waals surface area contributed by atoms with Crippen molar-refractivity contribution in [2.24, 2.45) is 0 Å². The van der Waals surface area contributed by atoms with E-state index in [2.05, 4.69) is 5.32 Å². The second-order valence-corrected chi connectivity index (χ2v) is 5.20. The van der Waals surface area contributed by atoms with Gasteiger partial charge in [0.1, 0.15) is 18.0 Å². The zero-order chi connectivity index (χ0) is 16.8. The Balaban J connectivity index is 1.81. The van der Waals surface area contributed by atoms with Crippen LogP contribution in [0.2, 0.25) is 0 Å². The number of nitro groups is 1. The van der Waals surface area contributed by atoms with Crippen molar-refractivity contribution in [2.45, 2.75) is 6.61 Å². The highest BCUT2D eigenvalue weighted by Crippen LogP contribution is 2.31. The fourth-order valence-electron chi connectivity index (χ4n) is 2.28. The van der Waals surface area contributed by atoms with Crippen LogP contribution >= 0.6 is 0 Å². The third-order valence-corrected chi connectivity index (χ3v) is 3.47. The van der Waals surface area contributed by atoms with Crippen molar-refractivity contribution in [3.8, 4) is 5.75 Å². The lowest BCUT2D eigenvalue weighted by molar-refractivity contribution is -0.383. The van der Waals surface area contributed by atoms with E-state index in [9.17, 15) is 10.1 Å². The molecule has 0 radical (unpaired) electrons. The molecule has 0 aliphatic carbocycles. The molecule has 5 heteroatoms. The lowest BCUT2D eigenvalue weighted by Crippen LogP contribution is -1.99. The van der Waals surface area contributed by atoms with Crippen molar-refractivity contribution in [2.75, 3.05) is 5.32 Å². The van der Waals surface area contributed by atoms with Crippen LogP contribution in [0.3, 0.4) is 0 Å². The van der Waals surface area contributed by atoms with E-state index in [1.54, 1.807) is 12.1 Å². The smallest absolute Gasteiger partial charge is 0.292 e. The van der Waals surface area contributed by atoms with E-state index in [4.69, 9.17) is 4.74 Å². The molecule has 0 aliphatic heterocycles. The molecule has 0 saturated heterocycles. The Labute approximate surface area is 139 Å². The summed E-state index contributed by atoms with van der Waals surface area (Å²) in [5.74, 6) is 0.572. The highest BCUT2D eigenvalue weighted by Gasteiger charge is 2.15. The molecule has 0 saturated carbocycles. The summed E-state index contributed by atoms with van der Waals surface area (Å²) >= 11 is 0. The summed E-state index contributed by atoms with van der Waals surface area (Å²) < 4.78 is 5.74. The predicted molar refractivity (Wildman–Crippen MR) is 93.6 cm³/mol. The first-order chi connectivity index (χ1) is 11.7. The van der Waals surface area contributed by atoms with Crippen LogP contribution in [-0.4, -0.2) is 4.92 Å². The molecule has 0 unspecified atom stereocenters. The Morgan fingerprint density at radius 3 is 2.25 bits per heavy atom. The molecule has 5 nitrogen and oxygen atoms in total. The quantitative estimate of drug-likeness (QED) is 0.517. The number of hydrogen-bond acceptors (Lipinski definition) is 4. The van der Waals surface area contributed by atoms with E-state index in [0.717, 1.165) is 11.3 Å². The molecule has 1 N–H and O–H groups in total. The monoisotopic (exact) mass is 320 g/mol. The summed E-state index contributed by atoms with van der Waals surface area (Å²) in [6.07, 6.45) is 0. The second-order valence-electron chi connectivity index (χ2n) is 5.20. The standard InChI is InChI=1S/C19H16N2O3/c22-21(23)19-12-11-17(24-14-15-7-3-1-4-8-15)13-18(19)20-16-9-5-2-6-10-16/h1-13,20H,14H2. The molecule has 24 heavy (non-hydrogen) atoms. The lowest BCUT2D eigenvalue weighted by Gasteiger charge is -2.10. The van der Waals surface area contributed by atoms with Crippen LogP contribution in [-0.2, 0) is 6.61 Å². The SMILES string of the molecule is O=[N+]([O-])c1ccc(OCc2ccccc2)cc1Nc1ccccc1. The van der Waals surface area contributed by atoms with Gasteiger partial charge in [0.2, 0.25) is 0 Å². The second kappa shape index (κ2) is 7.28. The molecular formula is C19H16N2O3. The van der Waals surface area contributed by atoms with Crippen LogP contribution in [0.15, 0.2) is 78.9 Å². The molecule has 0 fully saturated rings. The Kier molecular flexibility index (Phi) is 4.72. The van der Waals surface area contributed by atoms with Crippen molar-refractivity contribution in [1.29, 1.82) is 0 Å². The number of hydrogen-bond donors (Lipinski definition) is 1. The zero-order valence-electron chi connectivity index (χ0n) is 12.9. The number of para-hydroxylation sites is 1. The lowest BCUT2D eigenvalue weighted by atomic mass is 10.2. The maximum Gasteiger partial charge on any atom is 0.292 e. The van der Waals surface area contributed by atoms with Gasteiger partial charge in [0.25, 0.3) is 5.69 Å². The third-order valence-electron chi connectivity index (χ3n) is 3.47. The van der Waals surface area contributed by atoms with Gasteiger partial charge < -0.3 is 10.1 Å². The van der Waals surface area contributed by atoms with Gasteiger partial charge in [0, 0.05) is 17.8 Å². The van der Waals surface area contributed by atoms with E-state index in [0.29, 0.717) is 18.0 Å². The summed E-state index contributed by atoms with van der Waals surface area (Å²) in [6.45, 7) is 0.406. The third kappa shape index (κ3) is 3.89. The number of nitrogens with zero attached hydrogens (tertiary/aromatic N) is 1. The first-order valence-electron chi connectivity index (χ1n) is 7.49. The van der Waals surface area contributed by atoms with Crippen LogP contribution in [0.25, 0.3) is 0 Å². The largest absolute Gasteiger partial charge is 0.489 e. The number of rotatable bonds is 6. The molecule has 3 rings (SSSR count). The zero-order valence-corrected chi connectivity index (χ0v) is 12.9. The van der Waals surface area contributed by atoms with E-state index in [1.165, 1.54) is 6.07 Å². The van der Waals surface area contributed by atoms with Gasteiger partial charge in [-0.25, -0.2) is 0 Å². The molecule has 0 aliphatic rings. The molecule has 120 valence electrons. The number of ether oxygens (including phenoxy) is 1.